The van der Waals surface area contributed by atoms with E-state index in [9.17, 15) is 14.4 Å². The number of carbonyl (C=O) groups is 3. The molecule has 1 aliphatic heterocycles. The van der Waals surface area contributed by atoms with Crippen molar-refractivity contribution in [3.05, 3.63) is 89.7 Å². The van der Waals surface area contributed by atoms with E-state index in [0.717, 1.165) is 21.7 Å². The number of para-hydroxylation sites is 1. The summed E-state index contributed by atoms with van der Waals surface area (Å²) in [5, 5.41) is 2.83. The first-order valence-corrected chi connectivity index (χ1v) is 9.82. The van der Waals surface area contributed by atoms with Crippen molar-refractivity contribution in [3.8, 4) is 11.3 Å². The van der Waals surface area contributed by atoms with Crippen LogP contribution < -0.4 is 5.32 Å². The minimum Gasteiger partial charge on any atom is -0.324 e. The number of hydrogen-bond donors (Lipinski definition) is 1. The van der Waals surface area contributed by atoms with Gasteiger partial charge in [-0.25, -0.2) is 4.98 Å². The smallest absolute Gasteiger partial charge is 0.262 e. The Labute approximate surface area is 177 Å². The molecule has 0 fully saturated rings. The molecule has 7 nitrogen and oxygen atoms in total. The molecule has 0 saturated carbocycles. The molecule has 31 heavy (non-hydrogen) atoms. The number of rotatable bonds is 4. The summed E-state index contributed by atoms with van der Waals surface area (Å²) in [5.41, 5.74) is 4.55. The van der Waals surface area contributed by atoms with E-state index in [1.165, 1.54) is 0 Å². The van der Waals surface area contributed by atoms with Gasteiger partial charge in [-0.3, -0.25) is 19.3 Å². The van der Waals surface area contributed by atoms with E-state index in [1.807, 2.05) is 54.0 Å². The Balaban J connectivity index is 1.40. The number of imidazole rings is 1. The molecule has 5 rings (SSSR count). The zero-order chi connectivity index (χ0) is 21.5. The maximum absolute atomic E-state index is 12.7. The average Bonchev–Trinajstić information content (AvgIpc) is 3.31. The number of nitrogens with zero attached hydrogens (tertiary/aromatic N) is 3. The molecule has 152 valence electrons. The molecule has 0 spiro atoms. The van der Waals surface area contributed by atoms with Crippen LogP contribution in [0.5, 0.6) is 0 Å². The number of nitrogens with one attached hydrogen (secondary N) is 1. The summed E-state index contributed by atoms with van der Waals surface area (Å²) < 4.78 is 1.93. The minimum absolute atomic E-state index is 0.320. The number of imide groups is 1. The van der Waals surface area contributed by atoms with Crippen molar-refractivity contribution >= 4 is 29.1 Å². The Morgan fingerprint density at radius 1 is 0.903 bits per heavy atom. The predicted octanol–water partition coefficient (Wildman–Crippen LogP) is 3.54. The van der Waals surface area contributed by atoms with Crippen molar-refractivity contribution in [1.29, 1.82) is 0 Å². The number of pyridine rings is 1. The van der Waals surface area contributed by atoms with Gasteiger partial charge in [0.1, 0.15) is 12.2 Å². The van der Waals surface area contributed by atoms with Crippen LogP contribution in [0.3, 0.4) is 0 Å². The number of benzene rings is 2. The van der Waals surface area contributed by atoms with E-state index in [2.05, 4.69) is 5.32 Å². The second-order valence-corrected chi connectivity index (χ2v) is 7.38. The molecule has 0 atom stereocenters. The third kappa shape index (κ3) is 3.16. The molecule has 0 aliphatic carbocycles. The fourth-order valence-corrected chi connectivity index (χ4v) is 3.81. The van der Waals surface area contributed by atoms with Gasteiger partial charge in [0, 0.05) is 18.0 Å². The van der Waals surface area contributed by atoms with E-state index >= 15 is 0 Å². The molecule has 1 N–H and O–H groups in total. The average molecular weight is 410 g/mol. The zero-order valence-electron chi connectivity index (χ0n) is 16.7. The summed E-state index contributed by atoms with van der Waals surface area (Å²) in [7, 11) is 0. The fraction of sp³-hybridized carbons (Fsp3) is 0.0833. The standard InChI is InChI=1S/C24H18N4O3/c1-15-7-6-12-27-13-20(26-22(15)27)18-10-4-5-11-19(18)25-21(29)14-28-23(30)16-8-2-3-9-17(16)24(28)31/h2-13H,14H2,1H3,(H,25,29). The highest BCUT2D eigenvalue weighted by Gasteiger charge is 2.36. The number of hydrogen-bond acceptors (Lipinski definition) is 4. The quantitative estimate of drug-likeness (QED) is 0.522. The second kappa shape index (κ2) is 7.21. The van der Waals surface area contributed by atoms with Crippen LogP contribution in [0, 0.1) is 6.92 Å². The first-order valence-electron chi connectivity index (χ1n) is 9.82. The van der Waals surface area contributed by atoms with Gasteiger partial charge in [-0.2, -0.15) is 0 Å². The van der Waals surface area contributed by atoms with Gasteiger partial charge >= 0.3 is 0 Å². The second-order valence-electron chi connectivity index (χ2n) is 7.38. The number of carbonyl (C=O) groups excluding carboxylic acids is 3. The van der Waals surface area contributed by atoms with Gasteiger partial charge in [0.2, 0.25) is 5.91 Å². The summed E-state index contributed by atoms with van der Waals surface area (Å²) >= 11 is 0. The van der Waals surface area contributed by atoms with Crippen LogP contribution in [-0.2, 0) is 4.79 Å². The predicted molar refractivity (Wildman–Crippen MR) is 116 cm³/mol. The van der Waals surface area contributed by atoms with Crippen molar-refractivity contribution in [2.45, 2.75) is 6.92 Å². The van der Waals surface area contributed by atoms with E-state index < -0.39 is 17.7 Å². The van der Waals surface area contributed by atoms with Crippen molar-refractivity contribution in [2.24, 2.45) is 0 Å². The first kappa shape index (κ1) is 18.7. The summed E-state index contributed by atoms with van der Waals surface area (Å²) in [6, 6.07) is 17.8. The normalized spacial score (nSPS) is 13.0. The van der Waals surface area contributed by atoms with Crippen LogP contribution in [0.1, 0.15) is 26.3 Å². The summed E-state index contributed by atoms with van der Waals surface area (Å²) in [5.74, 6) is -1.37. The molecule has 3 heterocycles. The number of anilines is 1. The summed E-state index contributed by atoms with van der Waals surface area (Å²) in [4.78, 5) is 43.5. The van der Waals surface area contributed by atoms with E-state index in [1.54, 1.807) is 30.3 Å². The summed E-state index contributed by atoms with van der Waals surface area (Å²) in [6.45, 7) is 1.63. The number of fused-ring (bicyclic) bond motifs is 2. The van der Waals surface area contributed by atoms with E-state index in [4.69, 9.17) is 4.98 Å². The van der Waals surface area contributed by atoms with Crippen molar-refractivity contribution in [1.82, 2.24) is 14.3 Å². The largest absolute Gasteiger partial charge is 0.324 e. The third-order valence-corrected chi connectivity index (χ3v) is 5.33. The van der Waals surface area contributed by atoms with E-state index in [-0.39, 0.29) is 6.54 Å². The molecule has 0 radical (unpaired) electrons. The number of amides is 3. The summed E-state index contributed by atoms with van der Waals surface area (Å²) in [6.07, 6.45) is 3.82. The molecule has 2 aromatic heterocycles. The van der Waals surface area contributed by atoms with Gasteiger partial charge < -0.3 is 9.72 Å². The molecule has 0 bridgehead atoms. The Kier molecular flexibility index (Phi) is 4.36. The maximum Gasteiger partial charge on any atom is 0.262 e. The Morgan fingerprint density at radius 3 is 2.23 bits per heavy atom. The SMILES string of the molecule is Cc1cccn2cc(-c3ccccc3NC(=O)CN3C(=O)c4ccccc4C3=O)nc12. The minimum atomic E-state index is -0.458. The van der Waals surface area contributed by atoms with Crippen LogP contribution in [-0.4, -0.2) is 38.6 Å². The van der Waals surface area contributed by atoms with E-state index in [0.29, 0.717) is 22.5 Å². The van der Waals surface area contributed by atoms with Crippen LogP contribution >= 0.6 is 0 Å². The maximum atomic E-state index is 12.7. The molecule has 0 unspecified atom stereocenters. The van der Waals surface area contributed by atoms with Gasteiger partial charge in [-0.05, 0) is 36.8 Å². The highest BCUT2D eigenvalue weighted by Crippen LogP contribution is 2.28. The molecule has 7 heteroatoms. The molecular formula is C24H18N4O3. The van der Waals surface area contributed by atoms with Crippen molar-refractivity contribution in [2.75, 3.05) is 11.9 Å². The lowest BCUT2D eigenvalue weighted by atomic mass is 10.1. The van der Waals surface area contributed by atoms with Crippen LogP contribution in [0.4, 0.5) is 5.69 Å². The van der Waals surface area contributed by atoms with Gasteiger partial charge in [0.25, 0.3) is 11.8 Å². The highest BCUT2D eigenvalue weighted by atomic mass is 16.2. The third-order valence-electron chi connectivity index (χ3n) is 5.33. The molecule has 3 amide bonds. The Morgan fingerprint density at radius 2 is 1.55 bits per heavy atom. The van der Waals surface area contributed by atoms with Crippen molar-refractivity contribution < 1.29 is 14.4 Å². The molecule has 0 saturated heterocycles. The molecular weight excluding hydrogens is 392 g/mol. The number of aryl methyl sites for hydroxylation is 1. The lowest BCUT2D eigenvalue weighted by Crippen LogP contribution is -2.37. The van der Waals surface area contributed by atoms with Gasteiger partial charge in [0.05, 0.1) is 22.5 Å². The van der Waals surface area contributed by atoms with Crippen molar-refractivity contribution in [3.63, 3.8) is 0 Å². The Bertz CT molecular complexity index is 1340. The number of aromatic nitrogens is 2. The van der Waals surface area contributed by atoms with Crippen LogP contribution in [0.15, 0.2) is 73.1 Å². The van der Waals surface area contributed by atoms with Crippen LogP contribution in [0.2, 0.25) is 0 Å². The molecule has 1 aliphatic rings. The Hall–Kier alpha value is -4.26. The van der Waals surface area contributed by atoms with Gasteiger partial charge in [-0.1, -0.05) is 36.4 Å². The monoisotopic (exact) mass is 410 g/mol. The van der Waals surface area contributed by atoms with Gasteiger partial charge in [0.15, 0.2) is 0 Å². The van der Waals surface area contributed by atoms with Gasteiger partial charge in [-0.15, -0.1) is 0 Å². The topological polar surface area (TPSA) is 83.8 Å². The fourth-order valence-electron chi connectivity index (χ4n) is 3.81. The van der Waals surface area contributed by atoms with Crippen LogP contribution in [0.25, 0.3) is 16.9 Å². The zero-order valence-corrected chi connectivity index (χ0v) is 16.7. The molecule has 2 aromatic carbocycles. The first-order chi connectivity index (χ1) is 15.0. The molecule has 4 aromatic rings. The lowest BCUT2D eigenvalue weighted by molar-refractivity contribution is -0.116. The highest BCUT2D eigenvalue weighted by molar-refractivity contribution is 6.22. The lowest BCUT2D eigenvalue weighted by Gasteiger charge is -2.15.